The minimum Gasteiger partial charge on any atom is -0.494 e. The van der Waals surface area contributed by atoms with Gasteiger partial charge in [0.25, 0.3) is 0 Å². The van der Waals surface area contributed by atoms with Crippen LogP contribution in [0.15, 0.2) is 72.8 Å². The second-order valence-corrected chi connectivity index (χ2v) is 9.34. The number of carboxylic acid groups (broad SMARTS) is 1. The number of hydrogen-bond donors (Lipinski definition) is 1. The molecule has 0 aliphatic carbocycles. The number of aromatic carboxylic acids is 1. The van der Waals surface area contributed by atoms with Gasteiger partial charge in [0.2, 0.25) is 0 Å². The van der Waals surface area contributed by atoms with E-state index in [9.17, 15) is 9.90 Å². The molecule has 3 rings (SSSR count). The summed E-state index contributed by atoms with van der Waals surface area (Å²) in [5, 5.41) is 9.68. The van der Waals surface area contributed by atoms with Gasteiger partial charge in [0.1, 0.15) is 18.1 Å². The SMILES string of the molecule is CCCCCCCCCCCCOc1ccc(-c2cc(OCc3ccccc3)ccc2C(=O)O)cc1. The Morgan fingerprint density at radius 3 is 1.94 bits per heavy atom. The Kier molecular flexibility index (Phi) is 11.9. The Hall–Kier alpha value is -3.27. The normalized spacial score (nSPS) is 10.8. The summed E-state index contributed by atoms with van der Waals surface area (Å²) >= 11 is 0. The summed E-state index contributed by atoms with van der Waals surface area (Å²) in [6.45, 7) is 3.39. The fourth-order valence-corrected chi connectivity index (χ4v) is 4.29. The summed E-state index contributed by atoms with van der Waals surface area (Å²) in [6, 6.07) is 22.7. The van der Waals surface area contributed by atoms with E-state index in [4.69, 9.17) is 9.47 Å². The van der Waals surface area contributed by atoms with E-state index in [0.717, 1.165) is 23.3 Å². The molecular formula is C32H40O4. The van der Waals surface area contributed by atoms with Crippen molar-refractivity contribution in [2.45, 2.75) is 77.7 Å². The summed E-state index contributed by atoms with van der Waals surface area (Å²) < 4.78 is 11.8. The molecule has 3 aromatic rings. The third kappa shape index (κ3) is 9.41. The Labute approximate surface area is 216 Å². The molecule has 0 aliphatic heterocycles. The summed E-state index contributed by atoms with van der Waals surface area (Å²) in [5.41, 5.74) is 2.77. The van der Waals surface area contributed by atoms with Gasteiger partial charge >= 0.3 is 5.97 Å². The Bertz CT molecular complexity index is 1030. The summed E-state index contributed by atoms with van der Waals surface area (Å²) in [5.74, 6) is 0.490. The first-order chi connectivity index (χ1) is 17.7. The van der Waals surface area contributed by atoms with Crippen LogP contribution in [-0.2, 0) is 6.61 Å². The van der Waals surface area contributed by atoms with Crippen LogP contribution in [0.4, 0.5) is 0 Å². The van der Waals surface area contributed by atoms with Crippen LogP contribution in [0.3, 0.4) is 0 Å². The van der Waals surface area contributed by atoms with Gasteiger partial charge in [-0.05, 0) is 53.4 Å². The lowest BCUT2D eigenvalue weighted by molar-refractivity contribution is 0.0697. The average molecular weight is 489 g/mol. The number of carboxylic acids is 1. The van der Waals surface area contributed by atoms with Crippen molar-refractivity contribution in [1.29, 1.82) is 0 Å². The monoisotopic (exact) mass is 488 g/mol. The first-order valence-corrected chi connectivity index (χ1v) is 13.4. The van der Waals surface area contributed by atoms with E-state index in [-0.39, 0.29) is 5.56 Å². The van der Waals surface area contributed by atoms with Gasteiger partial charge in [-0.15, -0.1) is 0 Å². The largest absolute Gasteiger partial charge is 0.494 e. The van der Waals surface area contributed by atoms with E-state index in [2.05, 4.69) is 6.92 Å². The van der Waals surface area contributed by atoms with Crippen LogP contribution in [0.5, 0.6) is 11.5 Å². The number of hydrogen-bond acceptors (Lipinski definition) is 3. The molecule has 4 heteroatoms. The quantitative estimate of drug-likeness (QED) is 0.193. The fraction of sp³-hybridized carbons (Fsp3) is 0.406. The molecule has 3 aromatic carbocycles. The summed E-state index contributed by atoms with van der Waals surface area (Å²) in [4.78, 5) is 11.8. The van der Waals surface area contributed by atoms with Gasteiger partial charge in [-0.1, -0.05) is 107 Å². The molecule has 0 unspecified atom stereocenters. The van der Waals surface area contributed by atoms with Gasteiger partial charge in [0.05, 0.1) is 12.2 Å². The van der Waals surface area contributed by atoms with E-state index in [1.54, 1.807) is 18.2 Å². The zero-order valence-electron chi connectivity index (χ0n) is 21.6. The molecule has 0 radical (unpaired) electrons. The van der Waals surface area contributed by atoms with E-state index >= 15 is 0 Å². The lowest BCUT2D eigenvalue weighted by Crippen LogP contribution is -2.02. The summed E-state index contributed by atoms with van der Waals surface area (Å²) in [7, 11) is 0. The summed E-state index contributed by atoms with van der Waals surface area (Å²) in [6.07, 6.45) is 13.0. The van der Waals surface area contributed by atoms with Gasteiger partial charge in [0.15, 0.2) is 0 Å². The van der Waals surface area contributed by atoms with Crippen molar-refractivity contribution >= 4 is 5.97 Å². The van der Waals surface area contributed by atoms with E-state index in [1.807, 2.05) is 54.6 Å². The highest BCUT2D eigenvalue weighted by Crippen LogP contribution is 2.30. The zero-order valence-corrected chi connectivity index (χ0v) is 21.6. The predicted octanol–water partition coefficient (Wildman–Crippen LogP) is 8.93. The standard InChI is InChI=1S/C32H40O4/c1-2-3-4-5-6-7-8-9-10-14-23-35-28-19-17-27(18-20-28)31-24-29(21-22-30(31)32(33)34)36-25-26-15-12-11-13-16-26/h11-13,15-22,24H,2-10,14,23,25H2,1H3,(H,33,34). The zero-order chi connectivity index (χ0) is 25.4. The van der Waals surface area contributed by atoms with Crippen molar-refractivity contribution in [1.82, 2.24) is 0 Å². The number of benzene rings is 3. The van der Waals surface area contributed by atoms with Crippen molar-refractivity contribution in [3.63, 3.8) is 0 Å². The molecule has 0 fully saturated rings. The molecule has 0 spiro atoms. The van der Waals surface area contributed by atoms with Crippen molar-refractivity contribution in [2.75, 3.05) is 6.61 Å². The molecule has 0 bridgehead atoms. The number of rotatable bonds is 17. The molecule has 192 valence electrons. The fourth-order valence-electron chi connectivity index (χ4n) is 4.29. The van der Waals surface area contributed by atoms with Gasteiger partial charge in [-0.2, -0.15) is 0 Å². The maximum absolute atomic E-state index is 11.8. The highest BCUT2D eigenvalue weighted by molar-refractivity contribution is 5.96. The highest BCUT2D eigenvalue weighted by atomic mass is 16.5. The Morgan fingerprint density at radius 2 is 1.31 bits per heavy atom. The van der Waals surface area contributed by atoms with Gasteiger partial charge in [-0.3, -0.25) is 0 Å². The van der Waals surface area contributed by atoms with Crippen LogP contribution in [0.1, 0.15) is 87.1 Å². The lowest BCUT2D eigenvalue weighted by Gasteiger charge is -2.12. The molecule has 1 N–H and O–H groups in total. The van der Waals surface area contributed by atoms with Crippen LogP contribution in [-0.4, -0.2) is 17.7 Å². The molecule has 0 aliphatic rings. The van der Waals surface area contributed by atoms with Crippen LogP contribution < -0.4 is 9.47 Å². The van der Waals surface area contributed by atoms with E-state index < -0.39 is 5.97 Å². The smallest absolute Gasteiger partial charge is 0.336 e. The lowest BCUT2D eigenvalue weighted by atomic mass is 9.99. The second-order valence-electron chi connectivity index (χ2n) is 9.34. The van der Waals surface area contributed by atoms with E-state index in [0.29, 0.717) is 24.5 Å². The molecule has 0 atom stereocenters. The highest BCUT2D eigenvalue weighted by Gasteiger charge is 2.13. The van der Waals surface area contributed by atoms with Crippen molar-refractivity contribution in [2.24, 2.45) is 0 Å². The third-order valence-electron chi connectivity index (χ3n) is 6.40. The van der Waals surface area contributed by atoms with Gasteiger partial charge in [-0.25, -0.2) is 4.79 Å². The number of carbonyl (C=O) groups is 1. The predicted molar refractivity (Wildman–Crippen MR) is 147 cm³/mol. The van der Waals surface area contributed by atoms with Crippen molar-refractivity contribution in [3.8, 4) is 22.6 Å². The number of ether oxygens (including phenoxy) is 2. The molecule has 0 heterocycles. The molecular weight excluding hydrogens is 448 g/mol. The molecule has 0 saturated carbocycles. The van der Waals surface area contributed by atoms with Crippen molar-refractivity contribution < 1.29 is 19.4 Å². The first-order valence-electron chi connectivity index (χ1n) is 13.4. The minimum absolute atomic E-state index is 0.251. The Balaban J connectivity index is 1.46. The van der Waals surface area contributed by atoms with Crippen LogP contribution in [0.2, 0.25) is 0 Å². The first kappa shape index (κ1) is 27.3. The van der Waals surface area contributed by atoms with Crippen LogP contribution in [0, 0.1) is 0 Å². The van der Waals surface area contributed by atoms with Crippen molar-refractivity contribution in [3.05, 3.63) is 83.9 Å². The number of unbranched alkanes of at least 4 members (excludes halogenated alkanes) is 9. The maximum atomic E-state index is 11.8. The third-order valence-corrected chi connectivity index (χ3v) is 6.40. The second kappa shape index (κ2) is 15.7. The molecule has 0 aromatic heterocycles. The van der Waals surface area contributed by atoms with E-state index in [1.165, 1.54) is 57.8 Å². The van der Waals surface area contributed by atoms with Gasteiger partial charge < -0.3 is 14.6 Å². The average Bonchev–Trinajstić information content (AvgIpc) is 2.91. The topological polar surface area (TPSA) is 55.8 Å². The molecule has 0 saturated heterocycles. The minimum atomic E-state index is -0.958. The molecule has 4 nitrogen and oxygen atoms in total. The van der Waals surface area contributed by atoms with Crippen LogP contribution in [0.25, 0.3) is 11.1 Å². The van der Waals surface area contributed by atoms with Gasteiger partial charge in [0, 0.05) is 0 Å². The molecule has 36 heavy (non-hydrogen) atoms. The van der Waals surface area contributed by atoms with Crippen LogP contribution >= 0.6 is 0 Å². The molecule has 0 amide bonds. The maximum Gasteiger partial charge on any atom is 0.336 e. The Morgan fingerprint density at radius 1 is 0.694 bits per heavy atom.